The Kier molecular flexibility index (Phi) is 5.07. The number of hydrogen-bond donors (Lipinski definition) is 1. The van der Waals surface area contributed by atoms with E-state index in [9.17, 15) is 9.59 Å². The van der Waals surface area contributed by atoms with Crippen molar-refractivity contribution in [1.29, 1.82) is 0 Å². The van der Waals surface area contributed by atoms with E-state index in [2.05, 4.69) is 10.3 Å². The zero-order valence-corrected chi connectivity index (χ0v) is 13.8. The molecule has 2 aromatic rings. The van der Waals surface area contributed by atoms with Gasteiger partial charge in [0.05, 0.1) is 6.54 Å². The van der Waals surface area contributed by atoms with Crippen molar-refractivity contribution in [3.8, 4) is 0 Å². The minimum absolute atomic E-state index is 0.119. The molecule has 2 amide bonds. The van der Waals surface area contributed by atoms with Crippen LogP contribution in [0.15, 0.2) is 54.9 Å². The summed E-state index contributed by atoms with van der Waals surface area (Å²) in [5.74, 6) is -0.917. The van der Waals surface area contributed by atoms with Crippen LogP contribution >= 0.6 is 0 Å². The average molecular weight is 341 g/mol. The smallest absolute Gasteiger partial charge is 0.259 e. The van der Waals surface area contributed by atoms with E-state index in [-0.39, 0.29) is 25.4 Å². The van der Waals surface area contributed by atoms with Gasteiger partial charge in [-0.3, -0.25) is 14.6 Å². The lowest BCUT2D eigenvalue weighted by molar-refractivity contribution is -0.136. The predicted octanol–water partition coefficient (Wildman–Crippen LogP) is 2.34. The molecule has 1 aromatic carbocycles. The van der Waals surface area contributed by atoms with E-state index in [1.165, 1.54) is 4.90 Å². The van der Waals surface area contributed by atoms with Gasteiger partial charge in [-0.25, -0.2) is 4.39 Å². The van der Waals surface area contributed by atoms with Crippen molar-refractivity contribution in [2.45, 2.75) is 25.1 Å². The van der Waals surface area contributed by atoms with Gasteiger partial charge < -0.3 is 10.2 Å². The summed E-state index contributed by atoms with van der Waals surface area (Å²) in [7, 11) is 0. The number of alkyl halides is 1. The second-order valence-corrected chi connectivity index (χ2v) is 6.20. The summed E-state index contributed by atoms with van der Waals surface area (Å²) in [4.78, 5) is 30.2. The lowest BCUT2D eigenvalue weighted by Gasteiger charge is -2.36. The Morgan fingerprint density at radius 3 is 2.60 bits per heavy atom. The standard InChI is InChI=1S/C19H20FN3O2/c20-19(18(25)22-13-15-7-10-21-11-8-15)9-4-12-23(14-19)17(24)16-5-2-1-3-6-16/h1-3,5-8,10-11H,4,9,12-14H2,(H,22,25). The molecule has 1 unspecified atom stereocenters. The number of likely N-dealkylation sites (tertiary alicyclic amines) is 1. The monoisotopic (exact) mass is 341 g/mol. The van der Waals surface area contributed by atoms with Gasteiger partial charge in [0, 0.05) is 31.0 Å². The molecule has 3 rings (SSSR count). The molecule has 25 heavy (non-hydrogen) atoms. The van der Waals surface area contributed by atoms with E-state index in [1.54, 1.807) is 48.8 Å². The molecule has 0 bridgehead atoms. The van der Waals surface area contributed by atoms with Crippen LogP contribution in [0, 0.1) is 0 Å². The van der Waals surface area contributed by atoms with Gasteiger partial charge in [0.25, 0.3) is 11.8 Å². The van der Waals surface area contributed by atoms with Crippen LogP contribution in [0.1, 0.15) is 28.8 Å². The molecule has 6 heteroatoms. The Bertz CT molecular complexity index is 739. The Hall–Kier alpha value is -2.76. The third-order valence-corrected chi connectivity index (χ3v) is 4.36. The van der Waals surface area contributed by atoms with Crippen LogP contribution in [0.3, 0.4) is 0 Å². The third kappa shape index (κ3) is 4.02. The normalized spacial score (nSPS) is 20.1. The number of hydrogen-bond acceptors (Lipinski definition) is 3. The minimum atomic E-state index is -2.06. The second-order valence-electron chi connectivity index (χ2n) is 6.20. The molecule has 1 aliphatic heterocycles. The molecule has 0 aliphatic carbocycles. The van der Waals surface area contributed by atoms with Gasteiger partial charge in [-0.05, 0) is 42.7 Å². The average Bonchev–Trinajstić information content (AvgIpc) is 2.67. The van der Waals surface area contributed by atoms with Crippen molar-refractivity contribution in [1.82, 2.24) is 15.2 Å². The summed E-state index contributed by atoms with van der Waals surface area (Å²) >= 11 is 0. The van der Waals surface area contributed by atoms with Crippen molar-refractivity contribution in [2.24, 2.45) is 0 Å². The SMILES string of the molecule is O=C(c1ccccc1)N1CCCC(F)(C(=O)NCc2ccncc2)C1. The first kappa shape index (κ1) is 17.1. The molecule has 2 heterocycles. The van der Waals surface area contributed by atoms with Gasteiger partial charge in [0.15, 0.2) is 0 Å². The topological polar surface area (TPSA) is 62.3 Å². The van der Waals surface area contributed by atoms with E-state index >= 15 is 4.39 Å². The first-order valence-corrected chi connectivity index (χ1v) is 8.29. The number of nitrogens with one attached hydrogen (secondary N) is 1. The van der Waals surface area contributed by atoms with Crippen molar-refractivity contribution in [2.75, 3.05) is 13.1 Å². The van der Waals surface area contributed by atoms with E-state index in [4.69, 9.17) is 0 Å². The molecule has 130 valence electrons. The van der Waals surface area contributed by atoms with E-state index in [0.29, 0.717) is 18.5 Å². The molecular weight excluding hydrogens is 321 g/mol. The van der Waals surface area contributed by atoms with Crippen LogP contribution in [-0.4, -0.2) is 40.5 Å². The van der Waals surface area contributed by atoms with Gasteiger partial charge in [-0.2, -0.15) is 0 Å². The highest BCUT2D eigenvalue weighted by atomic mass is 19.1. The molecule has 1 aromatic heterocycles. The molecule has 0 spiro atoms. The zero-order valence-electron chi connectivity index (χ0n) is 13.8. The highest BCUT2D eigenvalue weighted by molar-refractivity contribution is 5.95. The molecule has 5 nitrogen and oxygen atoms in total. The predicted molar refractivity (Wildman–Crippen MR) is 91.5 cm³/mol. The summed E-state index contributed by atoms with van der Waals surface area (Å²) < 4.78 is 15.2. The van der Waals surface area contributed by atoms with E-state index < -0.39 is 11.6 Å². The molecule has 1 N–H and O–H groups in total. The quantitative estimate of drug-likeness (QED) is 0.928. The first-order valence-electron chi connectivity index (χ1n) is 8.29. The fraction of sp³-hybridized carbons (Fsp3) is 0.316. The van der Waals surface area contributed by atoms with Crippen LogP contribution in [0.4, 0.5) is 4.39 Å². The Morgan fingerprint density at radius 1 is 1.16 bits per heavy atom. The Balaban J connectivity index is 1.64. The van der Waals surface area contributed by atoms with Crippen LogP contribution < -0.4 is 5.32 Å². The van der Waals surface area contributed by atoms with Crippen molar-refractivity contribution in [3.63, 3.8) is 0 Å². The molecule has 0 saturated carbocycles. The van der Waals surface area contributed by atoms with Gasteiger partial charge in [-0.15, -0.1) is 0 Å². The molecule has 0 radical (unpaired) electrons. The number of nitrogens with zero attached hydrogens (tertiary/aromatic N) is 2. The van der Waals surface area contributed by atoms with E-state index in [0.717, 1.165) is 5.56 Å². The Morgan fingerprint density at radius 2 is 1.88 bits per heavy atom. The number of aromatic nitrogens is 1. The molecule has 1 fully saturated rings. The van der Waals surface area contributed by atoms with Gasteiger partial charge >= 0.3 is 0 Å². The van der Waals surface area contributed by atoms with E-state index in [1.807, 2.05) is 6.07 Å². The molecule has 1 aliphatic rings. The van der Waals surface area contributed by atoms with Crippen molar-refractivity contribution >= 4 is 11.8 Å². The summed E-state index contributed by atoms with van der Waals surface area (Å²) in [6.45, 7) is 0.472. The molecular formula is C19H20FN3O2. The minimum Gasteiger partial charge on any atom is -0.349 e. The van der Waals surface area contributed by atoms with Crippen LogP contribution in [-0.2, 0) is 11.3 Å². The fourth-order valence-corrected chi connectivity index (χ4v) is 2.97. The zero-order chi connectivity index (χ0) is 17.7. The number of benzene rings is 1. The molecule has 1 saturated heterocycles. The number of amides is 2. The van der Waals surface area contributed by atoms with Crippen LogP contribution in [0.25, 0.3) is 0 Å². The number of halogens is 1. The van der Waals surface area contributed by atoms with Crippen molar-refractivity contribution in [3.05, 3.63) is 66.0 Å². The number of carbonyl (C=O) groups is 2. The number of pyridine rings is 1. The van der Waals surface area contributed by atoms with Crippen LogP contribution in [0.5, 0.6) is 0 Å². The first-order chi connectivity index (χ1) is 12.1. The van der Waals surface area contributed by atoms with Gasteiger partial charge in [-0.1, -0.05) is 18.2 Å². The number of carbonyl (C=O) groups excluding carboxylic acids is 2. The maximum atomic E-state index is 15.2. The van der Waals surface area contributed by atoms with Gasteiger partial charge in [0.1, 0.15) is 0 Å². The number of piperidine rings is 1. The third-order valence-electron chi connectivity index (χ3n) is 4.36. The summed E-state index contributed by atoms with van der Waals surface area (Å²) in [5.41, 5.74) is -0.709. The summed E-state index contributed by atoms with van der Waals surface area (Å²) in [6, 6.07) is 12.3. The molecule has 1 atom stereocenters. The lowest BCUT2D eigenvalue weighted by Crippen LogP contribution is -2.55. The maximum absolute atomic E-state index is 15.2. The second kappa shape index (κ2) is 7.42. The van der Waals surface area contributed by atoms with Gasteiger partial charge in [0.2, 0.25) is 5.67 Å². The maximum Gasteiger partial charge on any atom is 0.259 e. The summed E-state index contributed by atoms with van der Waals surface area (Å²) in [6.07, 6.45) is 3.81. The Labute approximate surface area is 145 Å². The van der Waals surface area contributed by atoms with Crippen molar-refractivity contribution < 1.29 is 14.0 Å². The highest BCUT2D eigenvalue weighted by Crippen LogP contribution is 2.27. The summed E-state index contributed by atoms with van der Waals surface area (Å²) in [5, 5.41) is 2.63. The number of rotatable bonds is 4. The largest absolute Gasteiger partial charge is 0.349 e. The lowest BCUT2D eigenvalue weighted by atomic mass is 9.93. The fourth-order valence-electron chi connectivity index (χ4n) is 2.97. The highest BCUT2D eigenvalue weighted by Gasteiger charge is 2.43. The van der Waals surface area contributed by atoms with Crippen LogP contribution in [0.2, 0.25) is 0 Å².